The van der Waals surface area contributed by atoms with E-state index in [1.54, 1.807) is 12.1 Å². The molecule has 0 radical (unpaired) electrons. The first kappa shape index (κ1) is 13.9. The summed E-state index contributed by atoms with van der Waals surface area (Å²) in [7, 11) is 3.92. The van der Waals surface area contributed by atoms with Gasteiger partial charge in [0, 0.05) is 25.7 Å². The van der Waals surface area contributed by atoms with Crippen LogP contribution >= 0.6 is 11.6 Å². The van der Waals surface area contributed by atoms with Gasteiger partial charge in [0.1, 0.15) is 18.1 Å². The number of rotatable bonds is 3. The Morgan fingerprint density at radius 1 is 1.29 bits per heavy atom. The molecule has 0 aromatic heterocycles. The average molecular weight is 305 g/mol. The maximum Gasteiger partial charge on any atom is 0.128 e. The Hall–Kier alpha value is -2.07. The van der Waals surface area contributed by atoms with E-state index in [1.165, 1.54) is 0 Å². The molecular weight excluding hydrogens is 288 g/mol. The molecule has 0 amide bonds. The second-order valence-corrected chi connectivity index (χ2v) is 5.67. The maximum atomic E-state index is 9.50. The number of aromatic hydroxyl groups is 1. The Morgan fingerprint density at radius 2 is 2.10 bits per heavy atom. The third-order valence-electron chi connectivity index (χ3n) is 3.54. The maximum absolute atomic E-state index is 9.50. The summed E-state index contributed by atoms with van der Waals surface area (Å²) in [5.74, 6) is 0.937. The summed E-state index contributed by atoms with van der Waals surface area (Å²) in [6, 6.07) is 11.0. The van der Waals surface area contributed by atoms with Crippen LogP contribution in [0.3, 0.4) is 0 Å². The van der Waals surface area contributed by atoms with Crippen molar-refractivity contribution in [1.29, 1.82) is 0 Å². The molecule has 2 N–H and O–H groups in total. The van der Waals surface area contributed by atoms with Crippen molar-refractivity contribution in [2.45, 2.75) is 6.04 Å². The molecule has 110 valence electrons. The van der Waals surface area contributed by atoms with Crippen molar-refractivity contribution in [2.24, 2.45) is 0 Å². The van der Waals surface area contributed by atoms with Crippen LogP contribution in [-0.4, -0.2) is 25.8 Å². The highest BCUT2D eigenvalue weighted by atomic mass is 35.5. The molecule has 0 saturated heterocycles. The van der Waals surface area contributed by atoms with Gasteiger partial charge in [0.25, 0.3) is 0 Å². The molecule has 21 heavy (non-hydrogen) atoms. The van der Waals surface area contributed by atoms with Crippen LogP contribution in [0.5, 0.6) is 11.5 Å². The van der Waals surface area contributed by atoms with Crippen LogP contribution in [-0.2, 0) is 0 Å². The Balaban J connectivity index is 1.92. The van der Waals surface area contributed by atoms with Gasteiger partial charge in [0.15, 0.2) is 0 Å². The van der Waals surface area contributed by atoms with Gasteiger partial charge in [-0.1, -0.05) is 17.7 Å². The number of hydrogen-bond acceptors (Lipinski definition) is 4. The monoisotopic (exact) mass is 304 g/mol. The molecule has 0 spiro atoms. The number of para-hydroxylation sites is 1. The summed E-state index contributed by atoms with van der Waals surface area (Å²) in [5.41, 5.74) is 2.95. The number of halogens is 1. The lowest BCUT2D eigenvalue weighted by atomic mass is 10.1. The molecule has 5 heteroatoms. The highest BCUT2D eigenvalue weighted by Crippen LogP contribution is 2.40. The Labute approximate surface area is 128 Å². The second kappa shape index (κ2) is 5.37. The van der Waals surface area contributed by atoms with Crippen molar-refractivity contribution in [3.05, 3.63) is 47.0 Å². The van der Waals surface area contributed by atoms with Crippen LogP contribution in [0.25, 0.3) is 0 Å². The summed E-state index contributed by atoms with van der Waals surface area (Å²) in [6.07, 6.45) is 0. The first-order valence-corrected chi connectivity index (χ1v) is 7.12. The topological polar surface area (TPSA) is 44.7 Å². The van der Waals surface area contributed by atoms with Crippen molar-refractivity contribution in [3.63, 3.8) is 0 Å². The Morgan fingerprint density at radius 3 is 2.86 bits per heavy atom. The van der Waals surface area contributed by atoms with Crippen molar-refractivity contribution in [2.75, 3.05) is 30.9 Å². The van der Waals surface area contributed by atoms with Gasteiger partial charge in [-0.3, -0.25) is 0 Å². The lowest BCUT2D eigenvalue weighted by Gasteiger charge is -2.22. The smallest absolute Gasteiger partial charge is 0.128 e. The summed E-state index contributed by atoms with van der Waals surface area (Å²) in [5, 5.41) is 13.7. The molecular formula is C16H17ClN2O2. The number of nitrogens with zero attached hydrogens (tertiary/aromatic N) is 1. The molecule has 2 aromatic carbocycles. The van der Waals surface area contributed by atoms with Crippen molar-refractivity contribution in [1.82, 2.24) is 0 Å². The standard InChI is InChI=1S/C16H17ClN2O2/c1-19(2)16-12(17)4-3-5-13(16)18-14-9-21-15-8-10(20)6-7-11(14)15/h3-8,14,18,20H,9H2,1-2H3. The number of phenolic OH excluding ortho intramolecular Hbond substituents is 1. The van der Waals surface area contributed by atoms with Gasteiger partial charge < -0.3 is 20.1 Å². The van der Waals surface area contributed by atoms with Crippen LogP contribution in [0.2, 0.25) is 5.02 Å². The first-order valence-electron chi connectivity index (χ1n) is 6.74. The first-order chi connectivity index (χ1) is 10.1. The van der Waals surface area contributed by atoms with Crippen molar-refractivity contribution < 1.29 is 9.84 Å². The molecule has 1 aliphatic heterocycles. The van der Waals surface area contributed by atoms with Crippen molar-refractivity contribution >= 4 is 23.0 Å². The van der Waals surface area contributed by atoms with E-state index in [1.807, 2.05) is 43.3 Å². The zero-order chi connectivity index (χ0) is 15.0. The van der Waals surface area contributed by atoms with Crippen LogP contribution < -0.4 is 15.0 Å². The fraction of sp³-hybridized carbons (Fsp3) is 0.250. The Kier molecular flexibility index (Phi) is 3.55. The summed E-state index contributed by atoms with van der Waals surface area (Å²) < 4.78 is 5.63. The Bertz CT molecular complexity index is 673. The normalized spacial score (nSPS) is 16.2. The lowest BCUT2D eigenvalue weighted by Crippen LogP contribution is -2.16. The van der Waals surface area contributed by atoms with Gasteiger partial charge in [-0.15, -0.1) is 0 Å². The minimum atomic E-state index is 0.0396. The van der Waals surface area contributed by atoms with Crippen molar-refractivity contribution in [3.8, 4) is 11.5 Å². The fourth-order valence-electron chi connectivity index (χ4n) is 2.59. The van der Waals surface area contributed by atoms with Gasteiger partial charge in [0.2, 0.25) is 0 Å². The number of nitrogens with one attached hydrogen (secondary N) is 1. The molecule has 1 unspecified atom stereocenters. The SMILES string of the molecule is CN(C)c1c(Cl)cccc1NC1COc2cc(O)ccc21. The fourth-order valence-corrected chi connectivity index (χ4v) is 2.94. The number of fused-ring (bicyclic) bond motifs is 1. The van der Waals surface area contributed by atoms with E-state index in [0.29, 0.717) is 11.6 Å². The highest BCUT2D eigenvalue weighted by Gasteiger charge is 2.25. The molecule has 0 aliphatic carbocycles. The summed E-state index contributed by atoms with van der Waals surface area (Å²) in [4.78, 5) is 1.98. The largest absolute Gasteiger partial charge is 0.508 e. The van der Waals surface area contributed by atoms with Crippen LogP contribution in [0, 0.1) is 0 Å². The van der Waals surface area contributed by atoms with Crippen LogP contribution in [0.15, 0.2) is 36.4 Å². The van der Waals surface area contributed by atoms with Crippen LogP contribution in [0.4, 0.5) is 11.4 Å². The highest BCUT2D eigenvalue weighted by molar-refractivity contribution is 6.34. The van der Waals surface area contributed by atoms with E-state index < -0.39 is 0 Å². The molecule has 2 aromatic rings. The molecule has 0 fully saturated rings. The third-order valence-corrected chi connectivity index (χ3v) is 3.85. The zero-order valence-electron chi connectivity index (χ0n) is 11.9. The third kappa shape index (κ3) is 2.59. The van der Waals surface area contributed by atoms with E-state index >= 15 is 0 Å². The number of phenols is 1. The quantitative estimate of drug-likeness (QED) is 0.908. The van der Waals surface area contributed by atoms with E-state index in [9.17, 15) is 5.11 Å². The van der Waals surface area contributed by atoms with Gasteiger partial charge >= 0.3 is 0 Å². The van der Waals surface area contributed by atoms with Crippen LogP contribution in [0.1, 0.15) is 11.6 Å². The predicted molar refractivity (Wildman–Crippen MR) is 85.7 cm³/mol. The van der Waals surface area contributed by atoms with E-state index in [4.69, 9.17) is 16.3 Å². The molecule has 4 nitrogen and oxygen atoms in total. The lowest BCUT2D eigenvalue weighted by molar-refractivity contribution is 0.338. The molecule has 3 rings (SSSR count). The van der Waals surface area contributed by atoms with Gasteiger partial charge in [0.05, 0.1) is 22.4 Å². The number of anilines is 2. The van der Waals surface area contributed by atoms with E-state index in [-0.39, 0.29) is 11.8 Å². The molecule has 1 atom stereocenters. The zero-order valence-corrected chi connectivity index (χ0v) is 12.7. The number of ether oxygens (including phenoxy) is 1. The average Bonchev–Trinajstić information content (AvgIpc) is 2.80. The van der Waals surface area contributed by atoms with Gasteiger partial charge in [-0.25, -0.2) is 0 Å². The molecule has 1 aliphatic rings. The van der Waals surface area contributed by atoms with Gasteiger partial charge in [-0.05, 0) is 24.3 Å². The summed E-state index contributed by atoms with van der Waals surface area (Å²) in [6.45, 7) is 0.526. The molecule has 0 saturated carbocycles. The van der Waals surface area contributed by atoms with E-state index in [0.717, 1.165) is 22.7 Å². The second-order valence-electron chi connectivity index (χ2n) is 5.26. The van der Waals surface area contributed by atoms with Gasteiger partial charge in [-0.2, -0.15) is 0 Å². The number of benzene rings is 2. The molecule has 0 bridgehead atoms. The molecule has 1 heterocycles. The summed E-state index contributed by atoms with van der Waals surface area (Å²) >= 11 is 6.28. The number of hydrogen-bond donors (Lipinski definition) is 2. The minimum Gasteiger partial charge on any atom is -0.508 e. The predicted octanol–water partition coefficient (Wildman–Crippen LogP) is 3.66. The van der Waals surface area contributed by atoms with E-state index in [2.05, 4.69) is 5.32 Å². The minimum absolute atomic E-state index is 0.0396.